The van der Waals surface area contributed by atoms with E-state index in [9.17, 15) is 4.79 Å². The number of carboxylic acid groups (broad SMARTS) is 1. The summed E-state index contributed by atoms with van der Waals surface area (Å²) >= 11 is 0. The van der Waals surface area contributed by atoms with Crippen LogP contribution >= 0.6 is 0 Å². The van der Waals surface area contributed by atoms with Gasteiger partial charge in [0, 0.05) is 17.1 Å². The Morgan fingerprint density at radius 1 is 1.35 bits per heavy atom. The van der Waals surface area contributed by atoms with Crippen LogP contribution in [-0.2, 0) is 9.53 Å². The Morgan fingerprint density at radius 3 is 2.95 bits per heavy atom. The monoisotopic (exact) mass is 271 g/mol. The maximum absolute atomic E-state index is 10.6. The number of hydrogen-bond acceptors (Lipinski definition) is 3. The summed E-state index contributed by atoms with van der Waals surface area (Å²) in [5, 5.41) is 9.69. The summed E-state index contributed by atoms with van der Waals surface area (Å²) < 4.78 is 5.64. The molecule has 0 aliphatic carbocycles. The molecule has 1 heterocycles. The Hall–Kier alpha value is -2.36. The van der Waals surface area contributed by atoms with Crippen molar-refractivity contribution in [1.29, 1.82) is 0 Å². The van der Waals surface area contributed by atoms with E-state index < -0.39 is 5.97 Å². The van der Waals surface area contributed by atoms with E-state index in [4.69, 9.17) is 9.84 Å². The molecule has 0 radical (unpaired) electrons. The molecule has 0 bridgehead atoms. The van der Waals surface area contributed by atoms with Crippen LogP contribution in [0.2, 0.25) is 0 Å². The average Bonchev–Trinajstić information content (AvgIpc) is 2.45. The number of aromatic nitrogens is 1. The molecule has 0 atom stereocenters. The Kier molecular flexibility index (Phi) is 4.71. The second kappa shape index (κ2) is 6.70. The summed E-state index contributed by atoms with van der Waals surface area (Å²) in [5.74, 6) is -0.146. The standard InChI is InChI=1S/C16H17NO3/c1-2-5-15(20-11-9-16(18)19)13-6-3-8-14-12(13)7-4-10-17-14/h3-8,10H,2,9,11H2,1H3,(H,18,19)/b15-5-. The van der Waals surface area contributed by atoms with Gasteiger partial charge in [-0.1, -0.05) is 25.1 Å². The lowest BCUT2D eigenvalue weighted by molar-refractivity contribution is -0.137. The van der Waals surface area contributed by atoms with E-state index in [1.807, 2.05) is 43.3 Å². The molecule has 0 saturated carbocycles. The van der Waals surface area contributed by atoms with Gasteiger partial charge in [-0.3, -0.25) is 9.78 Å². The maximum Gasteiger partial charge on any atom is 0.306 e. The smallest absolute Gasteiger partial charge is 0.306 e. The van der Waals surface area contributed by atoms with Crippen molar-refractivity contribution in [2.45, 2.75) is 19.8 Å². The Bertz CT molecular complexity index is 629. The third kappa shape index (κ3) is 3.35. The predicted octanol–water partition coefficient (Wildman–Crippen LogP) is 3.48. The van der Waals surface area contributed by atoms with Gasteiger partial charge in [-0.05, 0) is 24.6 Å². The van der Waals surface area contributed by atoms with E-state index >= 15 is 0 Å². The Morgan fingerprint density at radius 2 is 2.20 bits per heavy atom. The van der Waals surface area contributed by atoms with Gasteiger partial charge in [-0.25, -0.2) is 0 Å². The molecule has 0 amide bonds. The van der Waals surface area contributed by atoms with Crippen LogP contribution in [0.3, 0.4) is 0 Å². The van der Waals surface area contributed by atoms with E-state index in [0.717, 1.165) is 22.9 Å². The minimum absolute atomic E-state index is 0.00985. The first-order valence-corrected chi connectivity index (χ1v) is 6.61. The fourth-order valence-electron chi connectivity index (χ4n) is 2.00. The summed E-state index contributed by atoms with van der Waals surface area (Å²) in [5.41, 5.74) is 1.84. The molecule has 2 aromatic rings. The molecule has 20 heavy (non-hydrogen) atoms. The van der Waals surface area contributed by atoms with Gasteiger partial charge >= 0.3 is 5.97 Å². The number of pyridine rings is 1. The number of benzene rings is 1. The fourth-order valence-corrected chi connectivity index (χ4v) is 2.00. The van der Waals surface area contributed by atoms with Crippen LogP contribution in [-0.4, -0.2) is 22.7 Å². The van der Waals surface area contributed by atoms with Crippen molar-refractivity contribution in [3.63, 3.8) is 0 Å². The van der Waals surface area contributed by atoms with Gasteiger partial charge < -0.3 is 9.84 Å². The van der Waals surface area contributed by atoms with Crippen molar-refractivity contribution in [1.82, 2.24) is 4.98 Å². The summed E-state index contributed by atoms with van der Waals surface area (Å²) in [6, 6.07) is 9.70. The van der Waals surface area contributed by atoms with Crippen LogP contribution in [0.25, 0.3) is 16.7 Å². The molecule has 0 saturated heterocycles. The maximum atomic E-state index is 10.6. The Labute approximate surface area is 117 Å². The van der Waals surface area contributed by atoms with Gasteiger partial charge in [0.1, 0.15) is 5.76 Å². The minimum atomic E-state index is -0.861. The molecule has 1 aromatic carbocycles. The van der Waals surface area contributed by atoms with Crippen LogP contribution in [0.5, 0.6) is 0 Å². The molecule has 4 heteroatoms. The molecule has 1 aromatic heterocycles. The summed E-state index contributed by atoms with van der Waals surface area (Å²) in [7, 11) is 0. The van der Waals surface area contributed by atoms with Crippen molar-refractivity contribution in [2.24, 2.45) is 0 Å². The average molecular weight is 271 g/mol. The molecular weight excluding hydrogens is 254 g/mol. The van der Waals surface area contributed by atoms with Gasteiger partial charge in [0.25, 0.3) is 0 Å². The molecule has 0 spiro atoms. The first kappa shape index (κ1) is 14.1. The van der Waals surface area contributed by atoms with Crippen LogP contribution < -0.4 is 0 Å². The van der Waals surface area contributed by atoms with Crippen molar-refractivity contribution in [3.8, 4) is 0 Å². The number of nitrogens with zero attached hydrogens (tertiary/aromatic N) is 1. The first-order chi connectivity index (χ1) is 9.72. The van der Waals surface area contributed by atoms with Gasteiger partial charge in [0.05, 0.1) is 18.5 Å². The first-order valence-electron chi connectivity index (χ1n) is 6.61. The third-order valence-electron chi connectivity index (χ3n) is 2.87. The van der Waals surface area contributed by atoms with Gasteiger partial charge in [0.15, 0.2) is 0 Å². The molecule has 104 valence electrons. The van der Waals surface area contributed by atoms with Gasteiger partial charge in [0.2, 0.25) is 0 Å². The topological polar surface area (TPSA) is 59.4 Å². The number of rotatable bonds is 6. The zero-order valence-electron chi connectivity index (χ0n) is 11.4. The van der Waals surface area contributed by atoms with Crippen molar-refractivity contribution >= 4 is 22.6 Å². The van der Waals surface area contributed by atoms with Gasteiger partial charge in [-0.15, -0.1) is 0 Å². The van der Waals surface area contributed by atoms with Crippen LogP contribution in [0.4, 0.5) is 0 Å². The highest BCUT2D eigenvalue weighted by Gasteiger charge is 2.08. The predicted molar refractivity (Wildman–Crippen MR) is 78.2 cm³/mol. The van der Waals surface area contributed by atoms with E-state index in [1.165, 1.54) is 0 Å². The molecule has 0 aliphatic heterocycles. The molecule has 0 fully saturated rings. The lowest BCUT2D eigenvalue weighted by Crippen LogP contribution is -2.03. The van der Waals surface area contributed by atoms with Crippen molar-refractivity contribution in [2.75, 3.05) is 6.61 Å². The molecular formula is C16H17NO3. The summed E-state index contributed by atoms with van der Waals surface area (Å²) in [4.78, 5) is 14.9. The third-order valence-corrected chi connectivity index (χ3v) is 2.87. The second-order valence-electron chi connectivity index (χ2n) is 4.34. The summed E-state index contributed by atoms with van der Waals surface area (Å²) in [6.07, 6.45) is 4.52. The van der Waals surface area contributed by atoms with Crippen molar-refractivity contribution < 1.29 is 14.6 Å². The van der Waals surface area contributed by atoms with E-state index in [2.05, 4.69) is 4.98 Å². The van der Waals surface area contributed by atoms with E-state index in [1.54, 1.807) is 6.20 Å². The SMILES string of the molecule is CC/C=C(\OCCC(=O)O)c1cccc2ncccc12. The second-order valence-corrected chi connectivity index (χ2v) is 4.34. The number of carboxylic acids is 1. The molecule has 1 N–H and O–H groups in total. The summed E-state index contributed by atoms with van der Waals surface area (Å²) in [6.45, 7) is 2.18. The highest BCUT2D eigenvalue weighted by Crippen LogP contribution is 2.25. The highest BCUT2D eigenvalue weighted by molar-refractivity contribution is 5.90. The van der Waals surface area contributed by atoms with Crippen LogP contribution in [0, 0.1) is 0 Å². The van der Waals surface area contributed by atoms with Crippen LogP contribution in [0.1, 0.15) is 25.3 Å². The molecule has 0 aliphatic rings. The van der Waals surface area contributed by atoms with Crippen LogP contribution in [0.15, 0.2) is 42.6 Å². The van der Waals surface area contributed by atoms with Gasteiger partial charge in [-0.2, -0.15) is 0 Å². The molecule has 4 nitrogen and oxygen atoms in total. The number of allylic oxidation sites excluding steroid dienone is 1. The van der Waals surface area contributed by atoms with Crippen molar-refractivity contribution in [3.05, 3.63) is 48.2 Å². The largest absolute Gasteiger partial charge is 0.493 e. The van der Waals surface area contributed by atoms with E-state index in [-0.39, 0.29) is 13.0 Å². The fraction of sp³-hybridized carbons (Fsp3) is 0.250. The number of hydrogen-bond donors (Lipinski definition) is 1. The van der Waals surface area contributed by atoms with E-state index in [0.29, 0.717) is 5.76 Å². The lowest BCUT2D eigenvalue weighted by Gasteiger charge is -2.12. The number of aliphatic carboxylic acids is 1. The minimum Gasteiger partial charge on any atom is -0.493 e. The lowest BCUT2D eigenvalue weighted by atomic mass is 10.1. The zero-order chi connectivity index (χ0) is 14.4. The number of ether oxygens (including phenoxy) is 1. The Balaban J connectivity index is 2.32. The molecule has 0 unspecified atom stereocenters. The number of fused-ring (bicyclic) bond motifs is 1. The quantitative estimate of drug-likeness (QED) is 0.817. The number of carbonyl (C=O) groups is 1. The normalized spacial score (nSPS) is 11.6. The molecule has 2 rings (SSSR count). The highest BCUT2D eigenvalue weighted by atomic mass is 16.5. The zero-order valence-corrected chi connectivity index (χ0v) is 11.4.